The van der Waals surface area contributed by atoms with E-state index in [-0.39, 0.29) is 6.61 Å². The first-order valence-electron chi connectivity index (χ1n) is 8.00. The molecule has 0 saturated heterocycles. The van der Waals surface area contributed by atoms with Gasteiger partial charge in [-0.2, -0.15) is 0 Å². The van der Waals surface area contributed by atoms with Crippen molar-refractivity contribution in [3.8, 4) is 5.75 Å². The lowest BCUT2D eigenvalue weighted by Gasteiger charge is -2.15. The predicted octanol–water partition coefficient (Wildman–Crippen LogP) is 2.43. The second-order valence-electron chi connectivity index (χ2n) is 5.37. The largest absolute Gasteiger partial charge is 0.483 e. The van der Waals surface area contributed by atoms with Gasteiger partial charge in [0.2, 0.25) is 0 Å². The Morgan fingerprint density at radius 1 is 1.26 bits per heavy atom. The monoisotopic (exact) mass is 322 g/mol. The molecule has 0 aliphatic heterocycles. The molecule has 0 radical (unpaired) electrons. The van der Waals surface area contributed by atoms with Crippen molar-refractivity contribution >= 4 is 11.9 Å². The zero-order valence-electron chi connectivity index (χ0n) is 13.8. The van der Waals surface area contributed by atoms with E-state index in [0.29, 0.717) is 23.8 Å². The van der Waals surface area contributed by atoms with Crippen LogP contribution in [0.2, 0.25) is 0 Å². The molecule has 128 valence electrons. The van der Waals surface area contributed by atoms with Crippen molar-refractivity contribution in [1.29, 1.82) is 0 Å². The van der Waals surface area contributed by atoms with Crippen molar-refractivity contribution in [1.82, 2.24) is 5.43 Å². The molecule has 0 heterocycles. The molecule has 3 N–H and O–H groups in total. The first-order chi connectivity index (χ1) is 11.1. The summed E-state index contributed by atoms with van der Waals surface area (Å²) in [7, 11) is 0. The normalized spacial score (nSPS) is 11.6. The van der Waals surface area contributed by atoms with Crippen LogP contribution in [0.5, 0.6) is 5.75 Å². The Bertz CT molecular complexity index is 505. The lowest BCUT2D eigenvalue weighted by Crippen LogP contribution is -2.34. The van der Waals surface area contributed by atoms with Crippen LogP contribution in [0, 0.1) is 5.92 Å². The number of nitrogens with two attached hydrogens (primary N) is 1. The van der Waals surface area contributed by atoms with Crippen molar-refractivity contribution in [3.63, 3.8) is 0 Å². The van der Waals surface area contributed by atoms with E-state index in [1.165, 1.54) is 0 Å². The van der Waals surface area contributed by atoms with Crippen LogP contribution in [0.1, 0.15) is 49.9 Å². The Hall–Kier alpha value is -2.08. The van der Waals surface area contributed by atoms with E-state index >= 15 is 0 Å². The number of benzene rings is 1. The molecular formula is C17H26N2O4. The fourth-order valence-corrected chi connectivity index (χ4v) is 2.12. The topological polar surface area (TPSA) is 90.6 Å². The molecule has 0 bridgehead atoms. The van der Waals surface area contributed by atoms with Crippen LogP contribution < -0.4 is 16.0 Å². The molecule has 0 fully saturated rings. The van der Waals surface area contributed by atoms with E-state index in [2.05, 4.69) is 13.8 Å². The maximum atomic E-state index is 12.2. The fraction of sp³-hybridized carbons (Fsp3) is 0.529. The molecule has 6 heteroatoms. The van der Waals surface area contributed by atoms with E-state index in [1.54, 1.807) is 24.3 Å². The number of rotatable bonds is 10. The number of amides is 1. The highest BCUT2D eigenvalue weighted by Crippen LogP contribution is 2.20. The van der Waals surface area contributed by atoms with Crippen molar-refractivity contribution in [2.75, 3.05) is 13.2 Å². The van der Waals surface area contributed by atoms with Gasteiger partial charge >= 0.3 is 5.97 Å². The van der Waals surface area contributed by atoms with Crippen molar-refractivity contribution in [2.24, 2.45) is 11.8 Å². The lowest BCUT2D eigenvalue weighted by atomic mass is 10.0. The standard InChI is InChI=1S/C17H26N2O4/c1-3-5-8-13(4-2)11-23-17(21)14-9-6-7-10-15(14)22-12-16(20)19-18/h6-7,9-10,13H,3-5,8,11-12,18H2,1-2H3,(H,19,20). The third kappa shape index (κ3) is 6.69. The van der Waals surface area contributed by atoms with E-state index in [9.17, 15) is 9.59 Å². The summed E-state index contributed by atoms with van der Waals surface area (Å²) in [5, 5.41) is 0. The van der Waals surface area contributed by atoms with E-state index in [4.69, 9.17) is 15.3 Å². The maximum Gasteiger partial charge on any atom is 0.341 e. The van der Waals surface area contributed by atoms with E-state index in [1.807, 2.05) is 5.43 Å². The Labute approximate surface area is 137 Å². The minimum Gasteiger partial charge on any atom is -0.483 e. The van der Waals surface area contributed by atoms with Crippen LogP contribution in [0.15, 0.2) is 24.3 Å². The molecule has 0 aromatic heterocycles. The van der Waals surface area contributed by atoms with Crippen molar-refractivity contribution in [2.45, 2.75) is 39.5 Å². The number of esters is 1. The number of hydrogen-bond donors (Lipinski definition) is 2. The zero-order chi connectivity index (χ0) is 17.1. The van der Waals surface area contributed by atoms with Gasteiger partial charge < -0.3 is 9.47 Å². The SMILES string of the molecule is CCCCC(CC)COC(=O)c1ccccc1OCC(=O)NN. The Kier molecular flexibility index (Phi) is 8.75. The first-order valence-corrected chi connectivity index (χ1v) is 8.00. The predicted molar refractivity (Wildman–Crippen MR) is 87.9 cm³/mol. The number of ether oxygens (including phenoxy) is 2. The highest BCUT2D eigenvalue weighted by molar-refractivity contribution is 5.92. The highest BCUT2D eigenvalue weighted by atomic mass is 16.5. The summed E-state index contributed by atoms with van der Waals surface area (Å²) in [5.41, 5.74) is 2.28. The molecule has 0 saturated carbocycles. The maximum absolute atomic E-state index is 12.2. The quantitative estimate of drug-likeness (QED) is 0.299. The van der Waals surface area contributed by atoms with Crippen LogP contribution >= 0.6 is 0 Å². The summed E-state index contributed by atoms with van der Waals surface area (Å²) >= 11 is 0. The van der Waals surface area contributed by atoms with Crippen molar-refractivity contribution < 1.29 is 19.1 Å². The minimum atomic E-state index is -0.473. The van der Waals surface area contributed by atoms with Gasteiger partial charge in [-0.1, -0.05) is 45.2 Å². The molecule has 1 amide bonds. The smallest absolute Gasteiger partial charge is 0.341 e. The van der Waals surface area contributed by atoms with Gasteiger partial charge in [-0.05, 0) is 24.5 Å². The molecule has 1 aromatic carbocycles. The van der Waals surface area contributed by atoms with Crippen LogP contribution in [0.25, 0.3) is 0 Å². The van der Waals surface area contributed by atoms with Gasteiger partial charge in [0.1, 0.15) is 11.3 Å². The second-order valence-corrected chi connectivity index (χ2v) is 5.37. The van der Waals surface area contributed by atoms with Gasteiger partial charge in [-0.15, -0.1) is 0 Å². The van der Waals surface area contributed by atoms with Gasteiger partial charge in [-0.25, -0.2) is 10.6 Å². The average molecular weight is 322 g/mol. The van der Waals surface area contributed by atoms with E-state index in [0.717, 1.165) is 25.7 Å². The molecule has 1 unspecified atom stereocenters. The van der Waals surface area contributed by atoms with Crippen molar-refractivity contribution in [3.05, 3.63) is 29.8 Å². The fourth-order valence-electron chi connectivity index (χ4n) is 2.12. The summed E-state index contributed by atoms with van der Waals surface area (Å²) in [6, 6.07) is 6.68. The second kappa shape index (κ2) is 10.6. The molecule has 0 aliphatic rings. The van der Waals surface area contributed by atoms with Gasteiger partial charge in [0.15, 0.2) is 6.61 Å². The number of carbonyl (C=O) groups excluding carboxylic acids is 2. The third-order valence-electron chi connectivity index (χ3n) is 3.62. The number of hydrazine groups is 1. The Morgan fingerprint density at radius 2 is 2.00 bits per heavy atom. The molecule has 0 aliphatic carbocycles. The third-order valence-corrected chi connectivity index (χ3v) is 3.62. The van der Waals surface area contributed by atoms with Crippen LogP contribution in [0.3, 0.4) is 0 Å². The van der Waals surface area contributed by atoms with Gasteiger partial charge in [0, 0.05) is 0 Å². The molecule has 1 aromatic rings. The lowest BCUT2D eigenvalue weighted by molar-refractivity contribution is -0.123. The summed E-state index contributed by atoms with van der Waals surface area (Å²) in [6.45, 7) is 4.38. The summed E-state index contributed by atoms with van der Waals surface area (Å²) in [5.74, 6) is 4.76. The zero-order valence-corrected chi connectivity index (χ0v) is 13.8. The molecule has 6 nitrogen and oxygen atoms in total. The average Bonchev–Trinajstić information content (AvgIpc) is 2.59. The Morgan fingerprint density at radius 3 is 2.65 bits per heavy atom. The molecular weight excluding hydrogens is 296 g/mol. The summed E-state index contributed by atoms with van der Waals surface area (Å²) in [6.07, 6.45) is 4.28. The summed E-state index contributed by atoms with van der Waals surface area (Å²) in [4.78, 5) is 23.4. The van der Waals surface area contributed by atoms with Gasteiger partial charge in [-0.3, -0.25) is 10.2 Å². The van der Waals surface area contributed by atoms with Gasteiger partial charge in [0.05, 0.1) is 6.61 Å². The van der Waals surface area contributed by atoms with Crippen LogP contribution in [0.4, 0.5) is 0 Å². The number of unbranched alkanes of at least 4 members (excludes halogenated alkanes) is 1. The number of carbonyl (C=O) groups is 2. The van der Waals surface area contributed by atoms with Crippen LogP contribution in [-0.2, 0) is 9.53 Å². The van der Waals surface area contributed by atoms with Gasteiger partial charge in [0.25, 0.3) is 5.91 Å². The molecule has 1 atom stereocenters. The number of hydrogen-bond acceptors (Lipinski definition) is 5. The summed E-state index contributed by atoms with van der Waals surface area (Å²) < 4.78 is 10.7. The first kappa shape index (κ1) is 19.0. The molecule has 1 rings (SSSR count). The number of nitrogens with one attached hydrogen (secondary N) is 1. The Balaban J connectivity index is 2.63. The number of para-hydroxylation sites is 1. The van der Waals surface area contributed by atoms with Crippen LogP contribution in [-0.4, -0.2) is 25.1 Å². The molecule has 23 heavy (non-hydrogen) atoms. The minimum absolute atomic E-state index is 0.255. The molecule has 0 spiro atoms. The van der Waals surface area contributed by atoms with E-state index < -0.39 is 11.9 Å². The highest BCUT2D eigenvalue weighted by Gasteiger charge is 2.16.